The summed E-state index contributed by atoms with van der Waals surface area (Å²) < 4.78 is 6.16. The van der Waals surface area contributed by atoms with E-state index in [0.717, 1.165) is 30.1 Å². The molecule has 0 radical (unpaired) electrons. The predicted molar refractivity (Wildman–Crippen MR) is 85.1 cm³/mol. The third-order valence-electron chi connectivity index (χ3n) is 4.57. The molecule has 4 heterocycles. The average Bonchev–Trinajstić information content (AvgIpc) is 3.23. The van der Waals surface area contributed by atoms with Crippen molar-refractivity contribution in [3.63, 3.8) is 0 Å². The number of piperidine rings is 1. The van der Waals surface area contributed by atoms with Gasteiger partial charge in [-0.2, -0.15) is 0 Å². The lowest BCUT2D eigenvalue weighted by Gasteiger charge is -2.33. The molecule has 2 aliphatic heterocycles. The van der Waals surface area contributed by atoms with Gasteiger partial charge in [-0.3, -0.25) is 9.78 Å². The van der Waals surface area contributed by atoms with Crippen LogP contribution in [0.15, 0.2) is 24.0 Å². The number of amides is 1. The molecule has 4 rings (SSSR count). The van der Waals surface area contributed by atoms with E-state index < -0.39 is 0 Å². The van der Waals surface area contributed by atoms with Crippen molar-refractivity contribution >= 4 is 17.2 Å². The van der Waals surface area contributed by atoms with Gasteiger partial charge >= 0.3 is 0 Å². The van der Waals surface area contributed by atoms with E-state index in [-0.39, 0.29) is 18.1 Å². The van der Waals surface area contributed by atoms with Gasteiger partial charge in [-0.15, -0.1) is 11.3 Å². The van der Waals surface area contributed by atoms with Crippen LogP contribution in [0.3, 0.4) is 0 Å². The molecular formula is C16H18N4O2S. The van der Waals surface area contributed by atoms with E-state index in [1.165, 1.54) is 0 Å². The zero-order chi connectivity index (χ0) is 15.8. The molecule has 1 amide bonds. The van der Waals surface area contributed by atoms with E-state index in [0.29, 0.717) is 18.2 Å². The quantitative estimate of drug-likeness (QED) is 0.845. The molecule has 2 aliphatic rings. The predicted octanol–water partition coefficient (Wildman–Crippen LogP) is 2.23. The molecule has 0 spiro atoms. The maximum absolute atomic E-state index is 12.6. The number of aryl methyl sites for hydroxylation is 1. The highest BCUT2D eigenvalue weighted by atomic mass is 32.1. The van der Waals surface area contributed by atoms with Gasteiger partial charge in [0.15, 0.2) is 0 Å². The number of carbonyl (C=O) groups excluding carboxylic acids is 1. The number of fused-ring (bicyclic) bond motifs is 1. The van der Waals surface area contributed by atoms with Gasteiger partial charge in [0.05, 0.1) is 18.0 Å². The van der Waals surface area contributed by atoms with E-state index in [9.17, 15) is 4.79 Å². The highest BCUT2D eigenvalue weighted by molar-refractivity contribution is 7.09. The molecule has 6 nitrogen and oxygen atoms in total. The first kappa shape index (κ1) is 14.7. The van der Waals surface area contributed by atoms with Crippen molar-refractivity contribution in [2.24, 2.45) is 5.92 Å². The molecule has 120 valence electrons. The van der Waals surface area contributed by atoms with Crippen LogP contribution in [0.1, 0.15) is 40.1 Å². The fraction of sp³-hybridized carbons (Fsp3) is 0.500. The van der Waals surface area contributed by atoms with Crippen molar-refractivity contribution in [3.05, 3.63) is 40.4 Å². The van der Waals surface area contributed by atoms with Crippen LogP contribution in [-0.4, -0.2) is 45.0 Å². The number of hydrogen-bond acceptors (Lipinski definition) is 6. The fourth-order valence-corrected chi connectivity index (χ4v) is 4.02. The Labute approximate surface area is 138 Å². The molecule has 2 saturated heterocycles. The van der Waals surface area contributed by atoms with Crippen LogP contribution < -0.4 is 0 Å². The highest BCUT2D eigenvalue weighted by Gasteiger charge is 2.41. The van der Waals surface area contributed by atoms with Gasteiger partial charge in [0.1, 0.15) is 16.8 Å². The van der Waals surface area contributed by atoms with Crippen LogP contribution in [-0.2, 0) is 4.74 Å². The second kappa shape index (κ2) is 5.98. The molecule has 23 heavy (non-hydrogen) atoms. The van der Waals surface area contributed by atoms with Crippen molar-refractivity contribution in [2.45, 2.75) is 32.0 Å². The van der Waals surface area contributed by atoms with Crippen molar-refractivity contribution in [1.82, 2.24) is 19.9 Å². The van der Waals surface area contributed by atoms with Gasteiger partial charge in [0, 0.05) is 30.9 Å². The first-order valence-electron chi connectivity index (χ1n) is 7.83. The number of likely N-dealkylation sites (tertiary alicyclic amines) is 1. The number of aromatic nitrogens is 3. The van der Waals surface area contributed by atoms with E-state index in [4.69, 9.17) is 4.74 Å². The smallest absolute Gasteiger partial charge is 0.274 e. The molecule has 7 heteroatoms. The van der Waals surface area contributed by atoms with Crippen LogP contribution in [0.5, 0.6) is 0 Å². The van der Waals surface area contributed by atoms with Crippen molar-refractivity contribution < 1.29 is 9.53 Å². The Bertz CT molecular complexity index is 689. The summed E-state index contributed by atoms with van der Waals surface area (Å²) in [6, 6.07) is 0. The van der Waals surface area contributed by atoms with Crippen molar-refractivity contribution in [1.29, 1.82) is 0 Å². The standard InChI is InChI=1S/C16H18N4O2S/c1-10-7-19-12(8-18-10)16(21)20-4-2-11-6-13(22-14(11)9-20)15-17-3-5-23-15/h3,5,7-8,11,13-14H,2,4,6,9H2,1H3/t11-,13-,14+/m1/s1. The lowest BCUT2D eigenvalue weighted by Crippen LogP contribution is -2.45. The number of hydrogen-bond donors (Lipinski definition) is 0. The van der Waals surface area contributed by atoms with Crippen molar-refractivity contribution in [2.75, 3.05) is 13.1 Å². The first-order chi connectivity index (χ1) is 11.2. The summed E-state index contributed by atoms with van der Waals surface area (Å²) in [5.74, 6) is 0.453. The summed E-state index contributed by atoms with van der Waals surface area (Å²) in [7, 11) is 0. The molecule has 0 unspecified atom stereocenters. The maximum atomic E-state index is 12.6. The summed E-state index contributed by atoms with van der Waals surface area (Å²) >= 11 is 1.64. The van der Waals surface area contributed by atoms with Gasteiger partial charge in [0.2, 0.25) is 0 Å². The number of thiazole rings is 1. The number of nitrogens with zero attached hydrogens (tertiary/aromatic N) is 4. The van der Waals surface area contributed by atoms with Crippen LogP contribution in [0, 0.1) is 12.8 Å². The Hall–Kier alpha value is -1.86. The molecule has 0 aliphatic carbocycles. The molecule has 0 N–H and O–H groups in total. The number of rotatable bonds is 2. The van der Waals surface area contributed by atoms with Gasteiger partial charge in [-0.25, -0.2) is 9.97 Å². The minimum Gasteiger partial charge on any atom is -0.366 e. The minimum atomic E-state index is -0.0581. The molecule has 0 saturated carbocycles. The van der Waals surface area contributed by atoms with Crippen LogP contribution in [0.25, 0.3) is 0 Å². The van der Waals surface area contributed by atoms with E-state index >= 15 is 0 Å². The highest BCUT2D eigenvalue weighted by Crippen LogP contribution is 2.41. The Morgan fingerprint density at radius 2 is 2.26 bits per heavy atom. The lowest BCUT2D eigenvalue weighted by molar-refractivity contribution is -0.00465. The van der Waals surface area contributed by atoms with Gasteiger partial charge in [-0.1, -0.05) is 0 Å². The monoisotopic (exact) mass is 330 g/mol. The van der Waals surface area contributed by atoms with Crippen molar-refractivity contribution in [3.8, 4) is 0 Å². The Balaban J connectivity index is 1.44. The Kier molecular flexibility index (Phi) is 3.82. The van der Waals surface area contributed by atoms with Crippen LogP contribution in [0.4, 0.5) is 0 Å². The van der Waals surface area contributed by atoms with E-state index in [1.54, 1.807) is 23.7 Å². The number of carbonyl (C=O) groups is 1. The Morgan fingerprint density at radius 1 is 1.35 bits per heavy atom. The Morgan fingerprint density at radius 3 is 3.00 bits per heavy atom. The zero-order valence-electron chi connectivity index (χ0n) is 12.9. The SMILES string of the molecule is Cc1cnc(C(=O)N2CC[C@@H]3C[C@H](c4nccs4)O[C@H]3C2)cn1. The topological polar surface area (TPSA) is 68.2 Å². The molecule has 2 aromatic rings. The normalized spacial score (nSPS) is 27.0. The first-order valence-corrected chi connectivity index (χ1v) is 8.71. The van der Waals surface area contributed by atoms with Gasteiger partial charge in [-0.05, 0) is 25.7 Å². The second-order valence-electron chi connectivity index (χ2n) is 6.11. The minimum absolute atomic E-state index is 0.0581. The lowest BCUT2D eigenvalue weighted by atomic mass is 9.91. The molecule has 2 fully saturated rings. The number of ether oxygens (including phenoxy) is 1. The summed E-state index contributed by atoms with van der Waals surface area (Å²) in [6.07, 6.45) is 7.15. The summed E-state index contributed by atoms with van der Waals surface area (Å²) in [6.45, 7) is 3.24. The third kappa shape index (κ3) is 2.86. The largest absolute Gasteiger partial charge is 0.366 e. The summed E-state index contributed by atoms with van der Waals surface area (Å²) in [5, 5.41) is 3.02. The van der Waals surface area contributed by atoms with Gasteiger partial charge < -0.3 is 9.64 Å². The fourth-order valence-electron chi connectivity index (χ4n) is 3.33. The molecule has 0 bridgehead atoms. The molecular weight excluding hydrogens is 312 g/mol. The molecule has 2 aromatic heterocycles. The summed E-state index contributed by atoms with van der Waals surface area (Å²) in [5.41, 5.74) is 1.22. The van der Waals surface area contributed by atoms with E-state index in [1.807, 2.05) is 23.4 Å². The summed E-state index contributed by atoms with van der Waals surface area (Å²) in [4.78, 5) is 27.1. The molecule has 0 aromatic carbocycles. The van der Waals surface area contributed by atoms with Crippen LogP contribution in [0.2, 0.25) is 0 Å². The second-order valence-corrected chi connectivity index (χ2v) is 7.04. The zero-order valence-corrected chi connectivity index (χ0v) is 13.7. The van der Waals surface area contributed by atoms with E-state index in [2.05, 4.69) is 15.0 Å². The molecule has 3 atom stereocenters. The average molecular weight is 330 g/mol. The van der Waals surface area contributed by atoms with Gasteiger partial charge in [0.25, 0.3) is 5.91 Å². The van der Waals surface area contributed by atoms with Crippen LogP contribution >= 0.6 is 11.3 Å². The maximum Gasteiger partial charge on any atom is 0.274 e. The third-order valence-corrected chi connectivity index (χ3v) is 5.43.